The number of aryl methyl sites for hydroxylation is 1. The molecular weight excluding hydrogens is 304 g/mol. The van der Waals surface area contributed by atoms with Crippen LogP contribution in [0.4, 0.5) is 10.5 Å². The molecule has 2 aromatic rings. The molecule has 24 heavy (non-hydrogen) atoms. The number of anilines is 1. The molecule has 2 rings (SSSR count). The summed E-state index contributed by atoms with van der Waals surface area (Å²) in [5.74, 6) is 1.29. The summed E-state index contributed by atoms with van der Waals surface area (Å²) in [6.45, 7) is 7.31. The van der Waals surface area contributed by atoms with E-state index in [0.29, 0.717) is 22.7 Å². The van der Waals surface area contributed by atoms with Crippen LogP contribution in [0, 0.1) is 18.3 Å². The van der Waals surface area contributed by atoms with Gasteiger partial charge in [0.15, 0.2) is 0 Å². The normalized spacial score (nSPS) is 10.6. The second-order valence-corrected chi connectivity index (χ2v) is 6.34. The Morgan fingerprint density at radius 2 is 1.71 bits per heavy atom. The van der Waals surface area contributed by atoms with Crippen LogP contribution in [-0.2, 0) is 4.74 Å². The standard InChI is InChI=1S/C19H20N2O3/c1-13-11-16(23-15-7-5-14(12-20)6-8-15)9-10-17(13)21-18(22)24-19(2,3)4/h5-11H,1-4H3,(H,21,22). The van der Waals surface area contributed by atoms with Gasteiger partial charge in [-0.1, -0.05) is 0 Å². The second kappa shape index (κ2) is 7.05. The summed E-state index contributed by atoms with van der Waals surface area (Å²) in [7, 11) is 0. The highest BCUT2D eigenvalue weighted by atomic mass is 16.6. The van der Waals surface area contributed by atoms with E-state index in [1.165, 1.54) is 0 Å². The molecule has 124 valence electrons. The highest BCUT2D eigenvalue weighted by Crippen LogP contribution is 2.26. The third-order valence-electron chi connectivity index (χ3n) is 3.05. The Hall–Kier alpha value is -3.00. The molecule has 0 radical (unpaired) electrons. The molecule has 0 aromatic heterocycles. The van der Waals surface area contributed by atoms with E-state index in [-0.39, 0.29) is 0 Å². The number of nitrogens with zero attached hydrogens (tertiary/aromatic N) is 1. The molecule has 0 saturated carbocycles. The number of amides is 1. The number of rotatable bonds is 3. The van der Waals surface area contributed by atoms with Crippen molar-refractivity contribution in [2.24, 2.45) is 0 Å². The molecule has 2 aromatic carbocycles. The van der Waals surface area contributed by atoms with Crippen LogP contribution in [0.5, 0.6) is 11.5 Å². The van der Waals surface area contributed by atoms with Gasteiger partial charge in [-0.15, -0.1) is 0 Å². The fourth-order valence-corrected chi connectivity index (χ4v) is 1.99. The Kier molecular flexibility index (Phi) is 5.10. The highest BCUT2D eigenvalue weighted by molar-refractivity contribution is 5.86. The van der Waals surface area contributed by atoms with Crippen LogP contribution in [0.1, 0.15) is 31.9 Å². The molecule has 0 unspecified atom stereocenters. The maximum atomic E-state index is 11.8. The van der Waals surface area contributed by atoms with Gasteiger partial charge in [0.2, 0.25) is 0 Å². The van der Waals surface area contributed by atoms with Gasteiger partial charge in [-0.2, -0.15) is 5.26 Å². The van der Waals surface area contributed by atoms with Gasteiger partial charge in [0, 0.05) is 5.69 Å². The summed E-state index contributed by atoms with van der Waals surface area (Å²) < 4.78 is 11.0. The van der Waals surface area contributed by atoms with Gasteiger partial charge in [0.1, 0.15) is 17.1 Å². The molecule has 0 spiro atoms. The Morgan fingerprint density at radius 1 is 1.08 bits per heavy atom. The third-order valence-corrected chi connectivity index (χ3v) is 3.05. The van der Waals surface area contributed by atoms with Crippen LogP contribution in [0.2, 0.25) is 0 Å². The van der Waals surface area contributed by atoms with Gasteiger partial charge in [0.25, 0.3) is 0 Å². The Morgan fingerprint density at radius 3 is 2.25 bits per heavy atom. The zero-order valence-corrected chi connectivity index (χ0v) is 14.2. The number of hydrogen-bond acceptors (Lipinski definition) is 4. The number of hydrogen-bond donors (Lipinski definition) is 1. The van der Waals surface area contributed by atoms with E-state index < -0.39 is 11.7 Å². The van der Waals surface area contributed by atoms with Crippen molar-refractivity contribution >= 4 is 11.8 Å². The molecule has 0 fully saturated rings. The molecule has 0 aliphatic heterocycles. The van der Waals surface area contributed by atoms with Gasteiger partial charge < -0.3 is 9.47 Å². The summed E-state index contributed by atoms with van der Waals surface area (Å²) in [6, 6.07) is 14.3. The predicted molar refractivity (Wildman–Crippen MR) is 92.3 cm³/mol. The first kappa shape index (κ1) is 17.4. The van der Waals surface area contributed by atoms with Gasteiger partial charge in [-0.05, 0) is 75.7 Å². The van der Waals surface area contributed by atoms with Crippen molar-refractivity contribution in [1.82, 2.24) is 0 Å². The number of benzene rings is 2. The minimum absolute atomic E-state index is 0.494. The first-order valence-electron chi connectivity index (χ1n) is 7.55. The predicted octanol–water partition coefficient (Wildman–Crippen LogP) is 5.01. The van der Waals surface area contributed by atoms with Crippen molar-refractivity contribution in [3.05, 3.63) is 53.6 Å². The molecule has 1 amide bonds. The van der Waals surface area contributed by atoms with Crippen LogP contribution >= 0.6 is 0 Å². The largest absolute Gasteiger partial charge is 0.457 e. The van der Waals surface area contributed by atoms with E-state index in [1.807, 2.05) is 33.8 Å². The molecule has 0 atom stereocenters. The first-order valence-corrected chi connectivity index (χ1v) is 7.55. The maximum Gasteiger partial charge on any atom is 0.412 e. The van der Waals surface area contributed by atoms with Crippen molar-refractivity contribution in [3.63, 3.8) is 0 Å². The van der Waals surface area contributed by atoms with Gasteiger partial charge in [-0.25, -0.2) is 4.79 Å². The van der Waals surface area contributed by atoms with Crippen LogP contribution in [-0.4, -0.2) is 11.7 Å². The van der Waals surface area contributed by atoms with Crippen LogP contribution in [0.25, 0.3) is 0 Å². The third kappa shape index (κ3) is 5.03. The van der Waals surface area contributed by atoms with Crippen molar-refractivity contribution in [3.8, 4) is 17.6 Å². The van der Waals surface area contributed by atoms with Gasteiger partial charge >= 0.3 is 6.09 Å². The van der Waals surface area contributed by atoms with E-state index in [9.17, 15) is 4.79 Å². The molecule has 0 aliphatic rings. The lowest BCUT2D eigenvalue weighted by Gasteiger charge is -2.20. The van der Waals surface area contributed by atoms with E-state index in [0.717, 1.165) is 5.56 Å². The quantitative estimate of drug-likeness (QED) is 0.862. The summed E-state index contributed by atoms with van der Waals surface area (Å²) in [5.41, 5.74) is 1.55. The fourth-order valence-electron chi connectivity index (χ4n) is 1.99. The molecular formula is C19H20N2O3. The summed E-state index contributed by atoms with van der Waals surface area (Å²) >= 11 is 0. The smallest absolute Gasteiger partial charge is 0.412 e. The Balaban J connectivity index is 2.06. The van der Waals surface area contributed by atoms with E-state index in [4.69, 9.17) is 14.7 Å². The number of carbonyl (C=O) groups is 1. The van der Waals surface area contributed by atoms with Gasteiger partial charge in [0.05, 0.1) is 11.6 Å². The summed E-state index contributed by atoms with van der Waals surface area (Å²) in [4.78, 5) is 11.8. The average Bonchev–Trinajstić information content (AvgIpc) is 2.49. The molecule has 0 aliphatic carbocycles. The first-order chi connectivity index (χ1) is 11.3. The lowest BCUT2D eigenvalue weighted by Crippen LogP contribution is -2.27. The monoisotopic (exact) mass is 324 g/mol. The average molecular weight is 324 g/mol. The van der Waals surface area contributed by atoms with Gasteiger partial charge in [-0.3, -0.25) is 5.32 Å². The fraction of sp³-hybridized carbons (Fsp3) is 0.263. The van der Waals surface area contributed by atoms with E-state index in [2.05, 4.69) is 11.4 Å². The molecule has 5 nitrogen and oxygen atoms in total. The number of nitriles is 1. The van der Waals surface area contributed by atoms with E-state index >= 15 is 0 Å². The highest BCUT2D eigenvalue weighted by Gasteiger charge is 2.16. The van der Waals surface area contributed by atoms with Crippen LogP contribution < -0.4 is 10.1 Å². The molecule has 1 N–H and O–H groups in total. The van der Waals surface area contributed by atoms with Crippen LogP contribution in [0.15, 0.2) is 42.5 Å². The maximum absolute atomic E-state index is 11.8. The van der Waals surface area contributed by atoms with Crippen molar-refractivity contribution < 1.29 is 14.3 Å². The second-order valence-electron chi connectivity index (χ2n) is 6.34. The van der Waals surface area contributed by atoms with Crippen molar-refractivity contribution in [1.29, 1.82) is 5.26 Å². The van der Waals surface area contributed by atoms with Crippen LogP contribution in [0.3, 0.4) is 0 Å². The Labute approximate surface area is 141 Å². The topological polar surface area (TPSA) is 71.3 Å². The SMILES string of the molecule is Cc1cc(Oc2ccc(C#N)cc2)ccc1NC(=O)OC(C)(C)C. The lowest BCUT2D eigenvalue weighted by atomic mass is 10.2. The molecule has 0 bridgehead atoms. The summed E-state index contributed by atoms with van der Waals surface area (Å²) in [6.07, 6.45) is -0.494. The zero-order chi connectivity index (χ0) is 17.7. The Bertz CT molecular complexity index is 769. The van der Waals surface area contributed by atoms with Crippen molar-refractivity contribution in [2.45, 2.75) is 33.3 Å². The lowest BCUT2D eigenvalue weighted by molar-refractivity contribution is 0.0636. The van der Waals surface area contributed by atoms with E-state index in [1.54, 1.807) is 36.4 Å². The molecule has 0 saturated heterocycles. The zero-order valence-electron chi connectivity index (χ0n) is 14.2. The number of nitrogens with one attached hydrogen (secondary N) is 1. The number of ether oxygens (including phenoxy) is 2. The summed E-state index contributed by atoms with van der Waals surface area (Å²) in [5, 5.41) is 11.5. The minimum atomic E-state index is -0.545. The minimum Gasteiger partial charge on any atom is -0.457 e. The number of carbonyl (C=O) groups excluding carboxylic acids is 1. The molecule has 0 heterocycles. The molecule has 5 heteroatoms. The van der Waals surface area contributed by atoms with Crippen molar-refractivity contribution in [2.75, 3.05) is 5.32 Å².